The van der Waals surface area contributed by atoms with Gasteiger partial charge < -0.3 is 9.88 Å². The molecule has 3 fully saturated rings. The minimum Gasteiger partial charge on any atom is -0.370 e. The Balaban J connectivity index is 1.19. The van der Waals surface area contributed by atoms with Crippen molar-refractivity contribution in [3.05, 3.63) is 76.6 Å². The molecular formula is C35H33F3N8O. The Morgan fingerprint density at radius 3 is 2.55 bits per heavy atom. The summed E-state index contributed by atoms with van der Waals surface area (Å²) in [5.41, 5.74) is 2.58. The van der Waals surface area contributed by atoms with E-state index in [1.807, 2.05) is 13.1 Å². The van der Waals surface area contributed by atoms with Gasteiger partial charge in [0.15, 0.2) is 5.82 Å². The van der Waals surface area contributed by atoms with Gasteiger partial charge in [0.05, 0.1) is 23.7 Å². The maximum Gasteiger partial charge on any atom is 0.416 e. The molecule has 2 saturated carbocycles. The van der Waals surface area contributed by atoms with Crippen LogP contribution in [0.3, 0.4) is 0 Å². The van der Waals surface area contributed by atoms with E-state index in [0.717, 1.165) is 19.5 Å². The van der Waals surface area contributed by atoms with E-state index >= 15 is 0 Å². The van der Waals surface area contributed by atoms with E-state index in [-0.39, 0.29) is 23.5 Å². The first-order chi connectivity index (χ1) is 22.6. The van der Waals surface area contributed by atoms with Crippen molar-refractivity contribution >= 4 is 17.5 Å². The fraction of sp³-hybridized carbons (Fsp3) is 0.400. The number of nitriles is 1. The summed E-state index contributed by atoms with van der Waals surface area (Å²) in [5.74, 6) is 1.47. The van der Waals surface area contributed by atoms with E-state index in [1.165, 1.54) is 36.6 Å². The van der Waals surface area contributed by atoms with Crippen LogP contribution in [0.4, 0.5) is 24.8 Å². The number of aromatic nitrogens is 4. The predicted molar refractivity (Wildman–Crippen MR) is 169 cm³/mol. The first kappa shape index (κ1) is 29.6. The predicted octanol–water partition coefficient (Wildman–Crippen LogP) is 6.40. The molecule has 1 N–H and O–H groups in total. The standard InChI is InChI=1S/C35H33F3N8O/c1-44-20-41-43-32(44)25-5-4-22(15-39)10-26(25)24-13-30(40-9-6-21-2-3-21)42-31(14-24)46-17-28-27(33(46)47)11-23(12-29(28)35(36,37)38)16-45-18-34(19-45)7-8-34/h4-5,10-14,20-21H,2-3,6-9,16-19H2,1H3,(H,40,42). The quantitative estimate of drug-likeness (QED) is 0.226. The molecule has 4 aliphatic rings. The zero-order chi connectivity index (χ0) is 32.5. The van der Waals surface area contributed by atoms with Gasteiger partial charge in [0.2, 0.25) is 0 Å². The second kappa shape index (κ2) is 10.9. The molecule has 1 saturated heterocycles. The number of rotatable bonds is 9. The number of hydrogen-bond donors (Lipinski definition) is 1. The van der Waals surface area contributed by atoms with Gasteiger partial charge in [0.1, 0.15) is 18.0 Å². The van der Waals surface area contributed by atoms with Gasteiger partial charge in [-0.1, -0.05) is 12.8 Å². The van der Waals surface area contributed by atoms with E-state index in [4.69, 9.17) is 4.98 Å². The molecule has 0 bridgehead atoms. The smallest absolute Gasteiger partial charge is 0.370 e. The van der Waals surface area contributed by atoms with Crippen LogP contribution in [0.5, 0.6) is 0 Å². The van der Waals surface area contributed by atoms with Crippen LogP contribution in [0.1, 0.15) is 64.7 Å². The third-order valence-corrected chi connectivity index (χ3v) is 9.94. The highest BCUT2D eigenvalue weighted by Gasteiger charge is 2.52. The van der Waals surface area contributed by atoms with Gasteiger partial charge in [-0.2, -0.15) is 18.4 Å². The van der Waals surface area contributed by atoms with Gasteiger partial charge in [0, 0.05) is 44.4 Å². The minimum absolute atomic E-state index is 0.0322. The number of nitrogens with one attached hydrogen (secondary N) is 1. The average Bonchev–Trinajstić information content (AvgIpc) is 3.95. The van der Waals surface area contributed by atoms with Crippen LogP contribution in [0.25, 0.3) is 22.5 Å². The molecule has 4 heterocycles. The SMILES string of the molecule is Cn1cnnc1-c1ccc(C#N)cc1-c1cc(NCCC2CC2)nc(N2Cc3c(cc(CN4CC5(CC5)C4)cc3C(F)(F)F)C2=O)c1. The highest BCUT2D eigenvalue weighted by Crippen LogP contribution is 2.53. The number of benzene rings is 2. The molecule has 1 amide bonds. The van der Waals surface area contributed by atoms with Crippen molar-refractivity contribution in [2.45, 2.75) is 51.4 Å². The number of likely N-dealkylation sites (tertiary alicyclic amines) is 1. The van der Waals surface area contributed by atoms with E-state index in [9.17, 15) is 23.2 Å². The van der Waals surface area contributed by atoms with E-state index in [0.29, 0.717) is 63.9 Å². The minimum atomic E-state index is -4.61. The van der Waals surface area contributed by atoms with Crippen LogP contribution >= 0.6 is 0 Å². The van der Waals surface area contributed by atoms with Crippen LogP contribution in [0, 0.1) is 22.7 Å². The number of halogens is 3. The van der Waals surface area contributed by atoms with Crippen molar-refractivity contribution in [1.29, 1.82) is 5.26 Å². The monoisotopic (exact) mass is 638 g/mol. The largest absolute Gasteiger partial charge is 0.416 e. The Hall–Kier alpha value is -4.76. The summed E-state index contributed by atoms with van der Waals surface area (Å²) in [6.45, 7) is 2.59. The topological polar surface area (TPSA) is 103 Å². The Morgan fingerprint density at radius 1 is 1.06 bits per heavy atom. The average molecular weight is 639 g/mol. The highest BCUT2D eigenvalue weighted by atomic mass is 19.4. The zero-order valence-electron chi connectivity index (χ0n) is 25.9. The molecule has 2 aromatic carbocycles. The second-order valence-corrected chi connectivity index (χ2v) is 13.6. The lowest BCUT2D eigenvalue weighted by Gasteiger charge is -2.40. The van der Waals surface area contributed by atoms with E-state index in [2.05, 4.69) is 26.5 Å². The Kier molecular flexibility index (Phi) is 6.88. The summed E-state index contributed by atoms with van der Waals surface area (Å²) in [6.07, 6.45) is 2.70. The molecule has 0 atom stereocenters. The molecule has 1 spiro atoms. The number of hydrogen-bond acceptors (Lipinski definition) is 7. The third kappa shape index (κ3) is 5.63. The number of pyridine rings is 1. The van der Waals surface area contributed by atoms with Gasteiger partial charge in [-0.15, -0.1) is 10.2 Å². The number of fused-ring (bicyclic) bond motifs is 1. The lowest BCUT2D eigenvalue weighted by atomic mass is 9.94. The van der Waals surface area contributed by atoms with Crippen molar-refractivity contribution in [3.63, 3.8) is 0 Å². The van der Waals surface area contributed by atoms with Gasteiger partial charge in [-0.25, -0.2) is 4.98 Å². The van der Waals surface area contributed by atoms with E-state index in [1.54, 1.807) is 41.2 Å². The van der Waals surface area contributed by atoms with Crippen LogP contribution in [0.15, 0.2) is 48.8 Å². The van der Waals surface area contributed by atoms with Crippen LogP contribution < -0.4 is 10.2 Å². The number of anilines is 2. The summed E-state index contributed by atoms with van der Waals surface area (Å²) >= 11 is 0. The molecule has 47 heavy (non-hydrogen) atoms. The molecule has 0 radical (unpaired) electrons. The normalized spacial score (nSPS) is 18.3. The van der Waals surface area contributed by atoms with E-state index < -0.39 is 17.6 Å². The number of carbonyl (C=O) groups is 1. The molecule has 2 aliphatic carbocycles. The maximum absolute atomic E-state index is 14.5. The Morgan fingerprint density at radius 2 is 1.87 bits per heavy atom. The number of amides is 1. The highest BCUT2D eigenvalue weighted by molar-refractivity contribution is 6.10. The van der Waals surface area contributed by atoms with Crippen molar-refractivity contribution in [2.24, 2.45) is 18.4 Å². The number of alkyl halides is 3. The zero-order valence-corrected chi connectivity index (χ0v) is 25.9. The number of nitrogens with zero attached hydrogens (tertiary/aromatic N) is 7. The molecule has 8 rings (SSSR count). The number of aryl methyl sites for hydroxylation is 1. The van der Waals surface area contributed by atoms with Crippen molar-refractivity contribution < 1.29 is 18.0 Å². The fourth-order valence-corrected chi connectivity index (χ4v) is 7.05. The van der Waals surface area contributed by atoms with Crippen LogP contribution in [0.2, 0.25) is 0 Å². The summed E-state index contributed by atoms with van der Waals surface area (Å²) in [5, 5.41) is 21.4. The molecule has 12 heteroatoms. The molecular weight excluding hydrogens is 605 g/mol. The molecule has 4 aromatic rings. The first-order valence-corrected chi connectivity index (χ1v) is 16.0. The maximum atomic E-state index is 14.5. The lowest BCUT2D eigenvalue weighted by Crippen LogP contribution is -2.47. The van der Waals surface area contributed by atoms with Gasteiger partial charge in [0.25, 0.3) is 5.91 Å². The summed E-state index contributed by atoms with van der Waals surface area (Å²) in [7, 11) is 1.82. The van der Waals surface area contributed by atoms with Crippen LogP contribution in [-0.4, -0.2) is 50.2 Å². The molecule has 9 nitrogen and oxygen atoms in total. The summed E-state index contributed by atoms with van der Waals surface area (Å²) in [4.78, 5) is 22.2. The Labute approximate surface area is 270 Å². The van der Waals surface area contributed by atoms with Crippen molar-refractivity contribution in [3.8, 4) is 28.6 Å². The van der Waals surface area contributed by atoms with Crippen LogP contribution in [-0.2, 0) is 26.3 Å². The third-order valence-electron chi connectivity index (χ3n) is 9.94. The number of carbonyl (C=O) groups excluding carboxylic acids is 1. The molecule has 2 aliphatic heterocycles. The first-order valence-electron chi connectivity index (χ1n) is 16.0. The van der Waals surface area contributed by atoms with Gasteiger partial charge in [-0.3, -0.25) is 14.6 Å². The fourth-order valence-electron chi connectivity index (χ4n) is 7.05. The molecule has 0 unspecified atom stereocenters. The second-order valence-electron chi connectivity index (χ2n) is 13.6. The Bertz CT molecular complexity index is 1940. The summed E-state index contributed by atoms with van der Waals surface area (Å²) in [6, 6.07) is 13.8. The molecule has 240 valence electrons. The van der Waals surface area contributed by atoms with Crippen molar-refractivity contribution in [1.82, 2.24) is 24.6 Å². The van der Waals surface area contributed by atoms with Crippen molar-refractivity contribution in [2.75, 3.05) is 29.9 Å². The molecule has 2 aromatic heterocycles. The van der Waals surface area contributed by atoms with Gasteiger partial charge >= 0.3 is 6.18 Å². The lowest BCUT2D eigenvalue weighted by molar-refractivity contribution is -0.138. The van der Waals surface area contributed by atoms with Gasteiger partial charge in [-0.05, 0) is 95.3 Å². The summed E-state index contributed by atoms with van der Waals surface area (Å²) < 4.78 is 45.2.